The average Bonchev–Trinajstić information content (AvgIpc) is 2.88. The van der Waals surface area contributed by atoms with Crippen molar-refractivity contribution in [2.45, 2.75) is 42.1 Å². The van der Waals surface area contributed by atoms with E-state index in [1.807, 2.05) is 0 Å². The van der Waals surface area contributed by atoms with Crippen molar-refractivity contribution in [2.75, 3.05) is 0 Å². The molecule has 1 aliphatic rings. The quantitative estimate of drug-likeness (QED) is 0.896. The van der Waals surface area contributed by atoms with Gasteiger partial charge in [0.15, 0.2) is 0 Å². The van der Waals surface area contributed by atoms with Gasteiger partial charge < -0.3 is 5.11 Å². The van der Waals surface area contributed by atoms with Gasteiger partial charge in [0.25, 0.3) is 0 Å². The minimum Gasteiger partial charge on any atom is -0.389 e. The van der Waals surface area contributed by atoms with E-state index < -0.39 is 6.10 Å². The molecular weight excluding hydrogens is 271 g/mol. The maximum Gasteiger partial charge on any atom is 0.123 e. The van der Waals surface area contributed by atoms with Crippen LogP contribution in [0.5, 0.6) is 0 Å². The summed E-state index contributed by atoms with van der Waals surface area (Å²) in [7, 11) is 0. The molecule has 2 aromatic carbocycles. The van der Waals surface area contributed by atoms with Crippen molar-refractivity contribution >= 4 is 11.8 Å². The fourth-order valence-corrected chi connectivity index (χ4v) is 3.75. The van der Waals surface area contributed by atoms with Crippen molar-refractivity contribution in [1.29, 1.82) is 0 Å². The van der Waals surface area contributed by atoms with Gasteiger partial charge in [0.2, 0.25) is 0 Å². The summed E-state index contributed by atoms with van der Waals surface area (Å²) in [5, 5.41) is 9.78. The summed E-state index contributed by atoms with van der Waals surface area (Å²) in [6.45, 7) is 1.67. The lowest BCUT2D eigenvalue weighted by molar-refractivity contribution is 0.196. The Labute approximate surface area is 122 Å². The number of aliphatic hydroxyl groups is 1. The van der Waals surface area contributed by atoms with E-state index in [0.717, 1.165) is 16.2 Å². The summed E-state index contributed by atoms with van der Waals surface area (Å²) >= 11 is 1.59. The Hall–Kier alpha value is -1.32. The molecule has 0 aromatic heterocycles. The third kappa shape index (κ3) is 2.74. The van der Waals surface area contributed by atoms with Crippen LogP contribution in [-0.2, 0) is 12.8 Å². The number of aryl methyl sites for hydroxylation is 2. The van der Waals surface area contributed by atoms with Crippen molar-refractivity contribution in [3.8, 4) is 0 Å². The second-order valence-corrected chi connectivity index (χ2v) is 6.36. The predicted molar refractivity (Wildman–Crippen MR) is 79.6 cm³/mol. The van der Waals surface area contributed by atoms with E-state index in [9.17, 15) is 9.50 Å². The third-order valence-electron chi connectivity index (χ3n) is 3.72. The van der Waals surface area contributed by atoms with E-state index in [1.165, 1.54) is 36.1 Å². The summed E-state index contributed by atoms with van der Waals surface area (Å²) in [4.78, 5) is 2.07. The van der Waals surface area contributed by atoms with Crippen molar-refractivity contribution < 1.29 is 9.50 Å². The molecule has 1 aliphatic carbocycles. The monoisotopic (exact) mass is 288 g/mol. The minimum atomic E-state index is -0.664. The molecule has 0 fully saturated rings. The molecule has 20 heavy (non-hydrogen) atoms. The molecule has 3 heteroatoms. The van der Waals surface area contributed by atoms with Gasteiger partial charge in [-0.05, 0) is 73.2 Å². The normalized spacial score (nSPS) is 15.2. The molecule has 3 rings (SSSR count). The highest BCUT2D eigenvalue weighted by molar-refractivity contribution is 7.99. The molecule has 1 atom stereocenters. The van der Waals surface area contributed by atoms with Gasteiger partial charge in [-0.2, -0.15) is 0 Å². The van der Waals surface area contributed by atoms with E-state index in [-0.39, 0.29) is 5.82 Å². The van der Waals surface area contributed by atoms with Gasteiger partial charge in [0.05, 0.1) is 6.10 Å². The summed E-state index contributed by atoms with van der Waals surface area (Å²) in [5.74, 6) is -0.306. The molecule has 1 N–H and O–H groups in total. The van der Waals surface area contributed by atoms with Gasteiger partial charge in [-0.1, -0.05) is 17.8 Å². The zero-order valence-corrected chi connectivity index (χ0v) is 12.2. The average molecular weight is 288 g/mol. The molecule has 0 saturated heterocycles. The molecule has 0 amide bonds. The molecule has 0 aliphatic heterocycles. The molecule has 0 bridgehead atoms. The largest absolute Gasteiger partial charge is 0.389 e. The van der Waals surface area contributed by atoms with Crippen LogP contribution < -0.4 is 0 Å². The fraction of sp³-hybridized carbons (Fsp3) is 0.294. The number of fused-ring (bicyclic) bond motifs is 1. The summed E-state index contributed by atoms with van der Waals surface area (Å²) in [6.07, 6.45) is 2.90. The fourth-order valence-electron chi connectivity index (χ4n) is 2.68. The SMILES string of the molecule is CC(O)c1cc(F)ccc1Sc1ccc2c(c1)CCC2. The Kier molecular flexibility index (Phi) is 3.81. The maximum absolute atomic E-state index is 13.3. The molecule has 0 heterocycles. The van der Waals surface area contributed by atoms with Crippen LogP contribution in [-0.4, -0.2) is 5.11 Å². The number of benzene rings is 2. The van der Waals surface area contributed by atoms with Gasteiger partial charge >= 0.3 is 0 Å². The molecule has 1 nitrogen and oxygen atoms in total. The maximum atomic E-state index is 13.3. The Morgan fingerprint density at radius 3 is 2.70 bits per heavy atom. The Morgan fingerprint density at radius 2 is 1.90 bits per heavy atom. The van der Waals surface area contributed by atoms with E-state index in [0.29, 0.717) is 5.56 Å². The van der Waals surface area contributed by atoms with Crippen LogP contribution in [0.3, 0.4) is 0 Å². The Morgan fingerprint density at radius 1 is 1.10 bits per heavy atom. The minimum absolute atomic E-state index is 0.306. The number of halogens is 1. The highest BCUT2D eigenvalue weighted by atomic mass is 32.2. The predicted octanol–water partition coefficient (Wildman–Crippen LogP) is 4.52. The van der Waals surface area contributed by atoms with Gasteiger partial charge in [0.1, 0.15) is 5.82 Å². The lowest BCUT2D eigenvalue weighted by Crippen LogP contribution is -1.95. The zero-order valence-electron chi connectivity index (χ0n) is 11.4. The van der Waals surface area contributed by atoms with Gasteiger partial charge in [-0.3, -0.25) is 0 Å². The van der Waals surface area contributed by atoms with Crippen molar-refractivity contribution in [2.24, 2.45) is 0 Å². The summed E-state index contributed by atoms with van der Waals surface area (Å²) in [6, 6.07) is 11.1. The molecule has 2 aromatic rings. The molecule has 0 radical (unpaired) electrons. The lowest BCUT2D eigenvalue weighted by atomic mass is 10.1. The summed E-state index contributed by atoms with van der Waals surface area (Å²) < 4.78 is 13.3. The van der Waals surface area contributed by atoms with Crippen LogP contribution in [0.25, 0.3) is 0 Å². The molecular formula is C17H17FOS. The third-order valence-corrected chi connectivity index (χ3v) is 4.80. The topological polar surface area (TPSA) is 20.2 Å². The lowest BCUT2D eigenvalue weighted by Gasteiger charge is -2.12. The first-order chi connectivity index (χ1) is 9.63. The first kappa shape index (κ1) is 13.7. The van der Waals surface area contributed by atoms with Crippen LogP contribution in [0.4, 0.5) is 4.39 Å². The number of hydrogen-bond donors (Lipinski definition) is 1. The van der Waals surface area contributed by atoms with Gasteiger partial charge in [-0.15, -0.1) is 0 Å². The first-order valence-corrected chi connectivity index (χ1v) is 7.72. The van der Waals surface area contributed by atoms with Crippen LogP contribution >= 0.6 is 11.8 Å². The van der Waals surface area contributed by atoms with Crippen LogP contribution in [0.15, 0.2) is 46.2 Å². The molecule has 1 unspecified atom stereocenters. The Bertz CT molecular complexity index is 637. The van der Waals surface area contributed by atoms with Crippen molar-refractivity contribution in [1.82, 2.24) is 0 Å². The second kappa shape index (κ2) is 5.58. The van der Waals surface area contributed by atoms with Gasteiger partial charge in [0, 0.05) is 9.79 Å². The number of aliphatic hydroxyl groups excluding tert-OH is 1. The number of rotatable bonds is 3. The van der Waals surface area contributed by atoms with E-state index in [1.54, 1.807) is 24.8 Å². The highest BCUT2D eigenvalue weighted by Gasteiger charge is 2.14. The molecule has 0 saturated carbocycles. The Balaban J connectivity index is 1.91. The van der Waals surface area contributed by atoms with Crippen LogP contribution in [0.2, 0.25) is 0 Å². The zero-order chi connectivity index (χ0) is 14.1. The smallest absolute Gasteiger partial charge is 0.123 e. The van der Waals surface area contributed by atoms with E-state index >= 15 is 0 Å². The highest BCUT2D eigenvalue weighted by Crippen LogP contribution is 2.36. The second-order valence-electron chi connectivity index (χ2n) is 5.24. The van der Waals surface area contributed by atoms with Crippen molar-refractivity contribution in [3.63, 3.8) is 0 Å². The van der Waals surface area contributed by atoms with Gasteiger partial charge in [-0.25, -0.2) is 4.39 Å². The standard InChI is InChI=1S/C17H17FOS/c1-11(19)16-10-14(18)6-8-17(16)20-15-7-5-12-3-2-4-13(12)9-15/h5-11,19H,2-4H2,1H3. The van der Waals surface area contributed by atoms with Crippen LogP contribution in [0, 0.1) is 5.82 Å². The van der Waals surface area contributed by atoms with Crippen molar-refractivity contribution in [3.05, 3.63) is 58.9 Å². The van der Waals surface area contributed by atoms with Crippen LogP contribution in [0.1, 0.15) is 36.1 Å². The molecule has 104 valence electrons. The van der Waals surface area contributed by atoms with E-state index in [4.69, 9.17) is 0 Å². The van der Waals surface area contributed by atoms with E-state index in [2.05, 4.69) is 18.2 Å². The molecule has 0 spiro atoms. The number of hydrogen-bond acceptors (Lipinski definition) is 2. The summed E-state index contributed by atoms with van der Waals surface area (Å²) in [5.41, 5.74) is 3.52. The first-order valence-electron chi connectivity index (χ1n) is 6.90.